The predicted octanol–water partition coefficient (Wildman–Crippen LogP) is 2.68. The number of halogens is 2. The number of hydrogen-bond donors (Lipinski definition) is 1. The molecule has 0 aliphatic heterocycles. The minimum Gasteiger partial charge on any atom is -0.317 e. The van der Waals surface area contributed by atoms with E-state index in [0.29, 0.717) is 11.5 Å². The molecule has 1 aliphatic carbocycles. The average molecular weight is 211 g/mol. The molecule has 82 valence electrons. The van der Waals surface area contributed by atoms with Crippen LogP contribution in [-0.2, 0) is 0 Å². The molecule has 1 nitrogen and oxygen atoms in total. The summed E-state index contributed by atoms with van der Waals surface area (Å²) in [6.07, 6.45) is 0.966. The summed E-state index contributed by atoms with van der Waals surface area (Å²) in [7, 11) is 0. The highest BCUT2D eigenvalue weighted by Crippen LogP contribution is 2.47. The fourth-order valence-electron chi connectivity index (χ4n) is 1.98. The van der Waals surface area contributed by atoms with Gasteiger partial charge >= 0.3 is 0 Å². The molecule has 0 radical (unpaired) electrons. The third-order valence-electron chi connectivity index (χ3n) is 2.94. The van der Waals surface area contributed by atoms with Gasteiger partial charge in [0.15, 0.2) is 0 Å². The van der Waals surface area contributed by atoms with Crippen LogP contribution in [-0.4, -0.2) is 13.1 Å². The van der Waals surface area contributed by atoms with Gasteiger partial charge in [0.2, 0.25) is 0 Å². The summed E-state index contributed by atoms with van der Waals surface area (Å²) in [6.45, 7) is 3.87. The number of rotatable bonds is 4. The molecule has 0 aromatic heterocycles. The second kappa shape index (κ2) is 4.27. The molecule has 0 spiro atoms. The molecule has 15 heavy (non-hydrogen) atoms. The lowest BCUT2D eigenvalue weighted by atomic mass is 10.1. The van der Waals surface area contributed by atoms with Gasteiger partial charge in [0, 0.05) is 0 Å². The Kier molecular flexibility index (Phi) is 3.00. The molecule has 2 unspecified atom stereocenters. The molecule has 3 heteroatoms. The van der Waals surface area contributed by atoms with Crippen LogP contribution < -0.4 is 5.32 Å². The lowest BCUT2D eigenvalue weighted by molar-refractivity contribution is 0.577. The number of benzene rings is 1. The third-order valence-corrected chi connectivity index (χ3v) is 2.94. The zero-order chi connectivity index (χ0) is 10.8. The third kappa shape index (κ3) is 2.34. The van der Waals surface area contributed by atoms with Gasteiger partial charge in [0.1, 0.15) is 11.6 Å². The Balaban J connectivity index is 2.03. The van der Waals surface area contributed by atoms with Crippen molar-refractivity contribution < 1.29 is 8.78 Å². The Morgan fingerprint density at radius 2 is 2.20 bits per heavy atom. The van der Waals surface area contributed by atoms with E-state index in [4.69, 9.17) is 0 Å². The normalized spacial score (nSPS) is 24.2. The highest BCUT2D eigenvalue weighted by atomic mass is 19.1. The van der Waals surface area contributed by atoms with Crippen LogP contribution in [0.4, 0.5) is 8.78 Å². The molecule has 1 saturated carbocycles. The van der Waals surface area contributed by atoms with Gasteiger partial charge in [-0.25, -0.2) is 8.78 Å². The molecular weight excluding hydrogens is 196 g/mol. The second-order valence-corrected chi connectivity index (χ2v) is 4.08. The average Bonchev–Trinajstić information content (AvgIpc) is 2.98. The number of hydrogen-bond acceptors (Lipinski definition) is 1. The molecule has 0 amide bonds. The van der Waals surface area contributed by atoms with E-state index in [9.17, 15) is 8.78 Å². The summed E-state index contributed by atoms with van der Waals surface area (Å²) in [6, 6.07) is 3.71. The van der Waals surface area contributed by atoms with Gasteiger partial charge in [-0.05, 0) is 55.1 Å². The first-order chi connectivity index (χ1) is 7.22. The van der Waals surface area contributed by atoms with Crippen molar-refractivity contribution in [3.63, 3.8) is 0 Å². The molecule has 1 fully saturated rings. The van der Waals surface area contributed by atoms with E-state index < -0.39 is 0 Å². The van der Waals surface area contributed by atoms with Crippen LogP contribution in [0.25, 0.3) is 0 Å². The predicted molar refractivity (Wildman–Crippen MR) is 55.7 cm³/mol. The Bertz CT molecular complexity index is 351. The van der Waals surface area contributed by atoms with Gasteiger partial charge in [0.25, 0.3) is 0 Å². The van der Waals surface area contributed by atoms with Crippen molar-refractivity contribution in [3.05, 3.63) is 35.4 Å². The van der Waals surface area contributed by atoms with Crippen LogP contribution in [0.5, 0.6) is 0 Å². The van der Waals surface area contributed by atoms with Gasteiger partial charge in [-0.2, -0.15) is 0 Å². The van der Waals surface area contributed by atoms with Crippen LogP contribution in [0, 0.1) is 17.6 Å². The van der Waals surface area contributed by atoms with Crippen molar-refractivity contribution in [2.24, 2.45) is 5.92 Å². The fourth-order valence-corrected chi connectivity index (χ4v) is 1.98. The molecule has 1 N–H and O–H groups in total. The van der Waals surface area contributed by atoms with E-state index >= 15 is 0 Å². The summed E-state index contributed by atoms with van der Waals surface area (Å²) in [5.41, 5.74) is 0.540. The molecular formula is C12H15F2N. The lowest BCUT2D eigenvalue weighted by Gasteiger charge is -2.03. The second-order valence-electron chi connectivity index (χ2n) is 4.08. The van der Waals surface area contributed by atoms with Gasteiger partial charge in [-0.1, -0.05) is 6.92 Å². The Morgan fingerprint density at radius 1 is 1.40 bits per heavy atom. The minimum absolute atomic E-state index is 0.208. The van der Waals surface area contributed by atoms with E-state index in [1.165, 1.54) is 18.2 Å². The van der Waals surface area contributed by atoms with E-state index in [1.807, 2.05) is 6.92 Å². The van der Waals surface area contributed by atoms with Crippen LogP contribution in [0.2, 0.25) is 0 Å². The Morgan fingerprint density at radius 3 is 2.93 bits per heavy atom. The fraction of sp³-hybridized carbons (Fsp3) is 0.500. The lowest BCUT2D eigenvalue weighted by Crippen LogP contribution is -2.16. The van der Waals surface area contributed by atoms with Crippen molar-refractivity contribution in [1.82, 2.24) is 5.32 Å². The Labute approximate surface area is 88.5 Å². The smallest absolute Gasteiger partial charge is 0.126 e. The molecule has 0 saturated heterocycles. The van der Waals surface area contributed by atoms with E-state index in [2.05, 4.69) is 5.32 Å². The highest BCUT2D eigenvalue weighted by Gasteiger charge is 2.39. The molecule has 0 bridgehead atoms. The zero-order valence-corrected chi connectivity index (χ0v) is 8.76. The van der Waals surface area contributed by atoms with Crippen LogP contribution in [0.3, 0.4) is 0 Å². The molecule has 2 rings (SSSR count). The van der Waals surface area contributed by atoms with Gasteiger partial charge in [-0.3, -0.25) is 0 Å². The Hall–Kier alpha value is -0.960. The first kappa shape index (κ1) is 10.6. The standard InChI is InChI=1S/C12H15F2N/c1-2-15-7-8-5-10(8)11-6-9(13)3-4-12(11)14/h3-4,6,8,10,15H,2,5,7H2,1H3. The van der Waals surface area contributed by atoms with E-state index in [1.54, 1.807) is 0 Å². The van der Waals surface area contributed by atoms with Gasteiger partial charge < -0.3 is 5.32 Å². The first-order valence-corrected chi connectivity index (χ1v) is 5.38. The minimum atomic E-state index is -0.347. The molecule has 1 aromatic carbocycles. The van der Waals surface area contributed by atoms with Gasteiger partial charge in [-0.15, -0.1) is 0 Å². The van der Waals surface area contributed by atoms with E-state index in [0.717, 1.165) is 19.5 Å². The van der Waals surface area contributed by atoms with Crippen molar-refractivity contribution in [1.29, 1.82) is 0 Å². The summed E-state index contributed by atoms with van der Waals surface area (Å²) >= 11 is 0. The van der Waals surface area contributed by atoms with Gasteiger partial charge in [0.05, 0.1) is 0 Å². The molecule has 1 aliphatic rings. The van der Waals surface area contributed by atoms with Crippen LogP contribution >= 0.6 is 0 Å². The van der Waals surface area contributed by atoms with Crippen molar-refractivity contribution in [2.45, 2.75) is 19.3 Å². The van der Waals surface area contributed by atoms with Crippen LogP contribution in [0.15, 0.2) is 18.2 Å². The maximum absolute atomic E-state index is 13.4. The molecule has 0 heterocycles. The van der Waals surface area contributed by atoms with Crippen molar-refractivity contribution in [3.8, 4) is 0 Å². The monoisotopic (exact) mass is 211 g/mol. The number of nitrogens with one attached hydrogen (secondary N) is 1. The van der Waals surface area contributed by atoms with Crippen LogP contribution in [0.1, 0.15) is 24.8 Å². The first-order valence-electron chi connectivity index (χ1n) is 5.38. The zero-order valence-electron chi connectivity index (χ0n) is 8.76. The quantitative estimate of drug-likeness (QED) is 0.807. The summed E-state index contributed by atoms with van der Waals surface area (Å²) < 4.78 is 26.3. The maximum Gasteiger partial charge on any atom is 0.126 e. The SMILES string of the molecule is CCNCC1CC1c1cc(F)ccc1F. The summed E-state index contributed by atoms with van der Waals surface area (Å²) in [5, 5.41) is 3.23. The maximum atomic E-state index is 13.4. The molecule has 1 aromatic rings. The van der Waals surface area contributed by atoms with Crippen molar-refractivity contribution in [2.75, 3.05) is 13.1 Å². The largest absolute Gasteiger partial charge is 0.317 e. The summed E-state index contributed by atoms with van der Waals surface area (Å²) in [4.78, 5) is 0. The highest BCUT2D eigenvalue weighted by molar-refractivity contribution is 5.28. The molecule has 2 atom stereocenters. The summed E-state index contributed by atoms with van der Waals surface area (Å²) in [5.74, 6) is 0.0573. The van der Waals surface area contributed by atoms with E-state index in [-0.39, 0.29) is 17.6 Å². The topological polar surface area (TPSA) is 12.0 Å². The van der Waals surface area contributed by atoms with Crippen molar-refractivity contribution >= 4 is 0 Å².